The van der Waals surface area contributed by atoms with Crippen molar-refractivity contribution in [1.29, 1.82) is 0 Å². The Balaban J connectivity index is 1.31. The number of thiazole rings is 1. The van der Waals surface area contributed by atoms with Crippen molar-refractivity contribution >= 4 is 75.0 Å². The van der Waals surface area contributed by atoms with Gasteiger partial charge in [0.2, 0.25) is 11.5 Å². The first-order chi connectivity index (χ1) is 20.0. The van der Waals surface area contributed by atoms with E-state index in [0.717, 1.165) is 32.8 Å². The van der Waals surface area contributed by atoms with Crippen LogP contribution in [0.25, 0.3) is 11.3 Å². The average Bonchev–Trinajstić information content (AvgIpc) is 3.60. The van der Waals surface area contributed by atoms with Crippen molar-refractivity contribution in [3.05, 3.63) is 46.3 Å². The highest BCUT2D eigenvalue weighted by atomic mass is 32.2. The first-order valence-corrected chi connectivity index (χ1v) is 14.6. The van der Waals surface area contributed by atoms with Gasteiger partial charge >= 0.3 is 0 Å². The van der Waals surface area contributed by atoms with Crippen molar-refractivity contribution in [3.63, 3.8) is 0 Å². The Hall–Kier alpha value is -3.54. The number of fused-ring (bicyclic) bond motifs is 1. The molecule has 2 amide bonds. The number of pyridine rings is 1. The Morgan fingerprint density at radius 2 is 2.21 bits per heavy atom. The molecule has 3 aromatic heterocycles. The first-order valence-electron chi connectivity index (χ1n) is 12.6. The van der Waals surface area contributed by atoms with Crippen LogP contribution < -0.4 is 20.7 Å². The fourth-order valence-corrected chi connectivity index (χ4v) is 7.54. The zero-order valence-corrected chi connectivity index (χ0v) is 23.2. The normalized spacial score (nSPS) is 20.4. The van der Waals surface area contributed by atoms with Crippen LogP contribution in [0.3, 0.4) is 0 Å². The number of carbonyl (C=O) groups is 3. The van der Waals surface area contributed by atoms with Crippen LogP contribution in [0, 0.1) is 0 Å². The van der Waals surface area contributed by atoms with E-state index in [0.29, 0.717) is 20.5 Å². The third kappa shape index (κ3) is 5.47. The summed E-state index contributed by atoms with van der Waals surface area (Å²) in [6.07, 6.45) is 2.87. The Bertz CT molecular complexity index is 1610. The minimum absolute atomic E-state index is 0.0628. The summed E-state index contributed by atoms with van der Waals surface area (Å²) in [5.41, 5.74) is 6.33. The molecule has 0 saturated carbocycles. The van der Waals surface area contributed by atoms with E-state index in [9.17, 15) is 19.5 Å². The lowest BCUT2D eigenvalue weighted by Crippen LogP contribution is -2.71. The maximum absolute atomic E-state index is 13.1. The third-order valence-corrected chi connectivity index (χ3v) is 9.41. The van der Waals surface area contributed by atoms with Crippen molar-refractivity contribution in [2.75, 3.05) is 18.1 Å². The van der Waals surface area contributed by atoms with Crippen LogP contribution in [0.5, 0.6) is 0 Å². The summed E-state index contributed by atoms with van der Waals surface area (Å²) >= 11 is 4.51. The van der Waals surface area contributed by atoms with Crippen LogP contribution in [0.4, 0.5) is 5.13 Å². The Morgan fingerprint density at radius 3 is 2.87 bits per heavy atom. The molecule has 1 fully saturated rings. The molecule has 1 saturated heterocycles. The lowest BCUT2D eigenvalue weighted by Gasteiger charge is -2.50. The molecule has 0 radical (unpaired) electrons. The highest BCUT2D eigenvalue weighted by Gasteiger charge is 2.53. The van der Waals surface area contributed by atoms with Gasteiger partial charge in [0.1, 0.15) is 29.1 Å². The van der Waals surface area contributed by atoms with Crippen LogP contribution in [-0.2, 0) is 26.2 Å². The molecule has 0 aromatic carbocycles. The average molecular weight is 608 g/mol. The van der Waals surface area contributed by atoms with Crippen molar-refractivity contribution < 1.29 is 33.0 Å². The molecule has 5 rings (SSSR count). The number of hydrogen-bond acceptors (Lipinski definition) is 14. The second kappa shape index (κ2) is 11.3. The molecule has 0 aliphatic carbocycles. The van der Waals surface area contributed by atoms with E-state index in [1.54, 1.807) is 24.4 Å². The summed E-state index contributed by atoms with van der Waals surface area (Å²) in [6, 6.07) is 2.22. The summed E-state index contributed by atoms with van der Waals surface area (Å²) in [5, 5.41) is 19.7. The molecule has 5 heterocycles. The second-order valence-corrected chi connectivity index (χ2v) is 11.9. The van der Waals surface area contributed by atoms with Crippen molar-refractivity contribution in [1.82, 2.24) is 24.6 Å². The molecular weight excluding hydrogens is 585 g/mol. The van der Waals surface area contributed by atoms with E-state index in [2.05, 4.69) is 24.8 Å². The number of carbonyl (C=O) groups excluding carboxylic acids is 3. The summed E-state index contributed by atoms with van der Waals surface area (Å²) < 4.78 is 28.0. The number of nitrogen functional groups attached to an aromatic ring is 1. The molecule has 0 bridgehead atoms. The number of rotatable bonds is 9. The maximum Gasteiger partial charge on any atom is 0.278 e. The molecule has 3 aromatic rings. The number of amides is 2. The minimum Gasteiger partial charge on any atom is -0.543 e. The molecule has 17 heteroatoms. The van der Waals surface area contributed by atoms with E-state index in [1.165, 1.54) is 35.5 Å². The minimum atomic E-state index is -2.30. The molecule has 0 spiro atoms. The monoisotopic (exact) mass is 607 g/mol. The van der Waals surface area contributed by atoms with Crippen LogP contribution in [0.2, 0.25) is 0 Å². The highest BCUT2D eigenvalue weighted by Crippen LogP contribution is 2.45. The number of nitrogens with zero attached hydrogens (tertiary/aromatic N) is 6. The standard InChI is InChI=1S/C22H20N8O5S4/c1-3-35-27-13(16-26-21(23)39-28-16)17(31)25-14-18(32)30-15(20(33)34)12(9-36-19(14)30)38-22-24-11(8-37-22)10-4-6-29(2)7-5-10/h4-8,14,19H,3,9H2,1-2H3,(H3-,23,25,26,28,31,33,34)/b27-13-/t14-,19-/m1/s1/i2D3. The van der Waals surface area contributed by atoms with Crippen molar-refractivity contribution in [3.8, 4) is 11.3 Å². The van der Waals surface area contributed by atoms with Crippen LogP contribution in [-0.4, -0.2) is 66.5 Å². The van der Waals surface area contributed by atoms with Gasteiger partial charge in [-0.2, -0.15) is 9.36 Å². The van der Waals surface area contributed by atoms with Gasteiger partial charge in [-0.15, -0.1) is 23.1 Å². The number of carboxylic acids is 1. The third-order valence-electron chi connectivity index (χ3n) is 5.39. The number of nitrogens with one attached hydrogen (secondary N) is 1. The van der Waals surface area contributed by atoms with Crippen molar-refractivity contribution in [2.24, 2.45) is 12.1 Å². The van der Waals surface area contributed by atoms with Crippen LogP contribution in [0.15, 0.2) is 50.0 Å². The van der Waals surface area contributed by atoms with Gasteiger partial charge in [0.25, 0.3) is 11.8 Å². The summed E-state index contributed by atoms with van der Waals surface area (Å²) in [7, 11) is 0. The molecule has 2 atom stereocenters. The van der Waals surface area contributed by atoms with Gasteiger partial charge in [0, 0.05) is 45.3 Å². The molecule has 13 nitrogen and oxygen atoms in total. The van der Waals surface area contributed by atoms with Gasteiger partial charge < -0.3 is 25.8 Å². The first kappa shape index (κ1) is 23.4. The van der Waals surface area contributed by atoms with Crippen LogP contribution >= 0.6 is 46.4 Å². The second-order valence-electron chi connectivity index (χ2n) is 7.83. The van der Waals surface area contributed by atoms with E-state index in [1.807, 2.05) is 0 Å². The van der Waals surface area contributed by atoms with Gasteiger partial charge in [-0.3, -0.25) is 14.5 Å². The van der Waals surface area contributed by atoms with Crippen molar-refractivity contribution in [2.45, 2.75) is 22.7 Å². The SMILES string of the molecule is [2H]C([2H])([2H])[n+]1ccc(-c2csc(SC3=C(C(=O)[O-])N4C(=O)[C@@H](NC(=O)/C(=N\OCC)c5nsc(N)n5)[C@H]4SC3)n2)cc1. The predicted octanol–water partition coefficient (Wildman–Crippen LogP) is -0.0374. The Morgan fingerprint density at radius 1 is 1.41 bits per heavy atom. The predicted molar refractivity (Wildman–Crippen MR) is 144 cm³/mol. The van der Waals surface area contributed by atoms with E-state index >= 15 is 0 Å². The van der Waals surface area contributed by atoms with E-state index in [-0.39, 0.29) is 34.7 Å². The largest absolute Gasteiger partial charge is 0.543 e. The topological polar surface area (TPSA) is 180 Å². The summed E-state index contributed by atoms with van der Waals surface area (Å²) in [5.74, 6) is -2.79. The van der Waals surface area contributed by atoms with Crippen LogP contribution in [0.1, 0.15) is 16.9 Å². The number of carboxylic acid groups (broad SMARTS) is 1. The van der Waals surface area contributed by atoms with E-state index in [4.69, 9.17) is 14.7 Å². The number of thioether (sulfide) groups is 2. The molecule has 2 aliphatic heterocycles. The smallest absolute Gasteiger partial charge is 0.278 e. The molecule has 0 unspecified atom stereocenters. The van der Waals surface area contributed by atoms with Gasteiger partial charge in [-0.1, -0.05) is 16.9 Å². The zero-order valence-electron chi connectivity index (χ0n) is 22.9. The summed E-state index contributed by atoms with van der Waals surface area (Å²) in [4.78, 5) is 53.2. The Kier molecular flexibility index (Phi) is 6.76. The number of anilines is 1. The fourth-order valence-electron chi connectivity index (χ4n) is 3.65. The van der Waals surface area contributed by atoms with Gasteiger partial charge in [0.15, 0.2) is 21.9 Å². The number of nitrogens with two attached hydrogens (primary N) is 1. The molecule has 2 aliphatic rings. The molecule has 202 valence electrons. The quantitative estimate of drug-likeness (QED) is 0.144. The lowest BCUT2D eigenvalue weighted by atomic mass is 10.0. The fraction of sp³-hybridized carbons (Fsp3) is 0.273. The number of hydrogen-bond donors (Lipinski definition) is 2. The number of aromatic nitrogens is 4. The molecular formula is C22H20N8O5S4. The molecule has 3 N–H and O–H groups in total. The number of oxime groups is 1. The summed E-state index contributed by atoms with van der Waals surface area (Å²) in [6.45, 7) is -0.460. The number of β-lactam (4-membered cyclic amide) rings is 1. The molecule has 39 heavy (non-hydrogen) atoms. The zero-order chi connectivity index (χ0) is 30.2. The van der Waals surface area contributed by atoms with Gasteiger partial charge in [-0.05, 0) is 6.92 Å². The van der Waals surface area contributed by atoms with Gasteiger partial charge in [-0.25, -0.2) is 9.55 Å². The Labute approximate surface area is 242 Å². The maximum atomic E-state index is 13.1. The number of aryl methyl sites for hydroxylation is 1. The number of aliphatic carboxylic acids is 1. The van der Waals surface area contributed by atoms with E-state index < -0.39 is 36.2 Å². The van der Waals surface area contributed by atoms with Gasteiger partial charge in [0.05, 0.1) is 17.4 Å². The highest BCUT2D eigenvalue weighted by molar-refractivity contribution is 8.07. The lowest BCUT2D eigenvalue weighted by molar-refractivity contribution is -0.671.